The Kier molecular flexibility index (Phi) is 3.64. The Labute approximate surface area is 112 Å². The molecule has 2 aromatic carbocycles. The molecule has 0 aliphatic rings. The van der Waals surface area contributed by atoms with Crippen LogP contribution in [-0.4, -0.2) is 6.29 Å². The fourth-order valence-electron chi connectivity index (χ4n) is 1.53. The average Bonchev–Trinajstić information content (AvgIpc) is 2.33. The van der Waals surface area contributed by atoms with Gasteiger partial charge in [-0.05, 0) is 29.8 Å². The van der Waals surface area contributed by atoms with E-state index in [9.17, 15) is 13.6 Å². The minimum absolute atomic E-state index is 0.0730. The fourth-order valence-corrected chi connectivity index (χ4v) is 2.02. The van der Waals surface area contributed by atoms with Crippen molar-refractivity contribution in [3.05, 3.63) is 57.6 Å². The van der Waals surface area contributed by atoms with Gasteiger partial charge in [0.05, 0.1) is 10.0 Å². The predicted octanol–water partition coefficient (Wildman–Crippen LogP) is 4.75. The molecule has 0 spiro atoms. The van der Waals surface area contributed by atoms with Crippen molar-refractivity contribution in [1.82, 2.24) is 0 Å². The predicted molar refractivity (Wildman–Crippen MR) is 67.2 cm³/mol. The second-order valence-corrected chi connectivity index (χ2v) is 4.41. The largest absolute Gasteiger partial charge is 0.298 e. The summed E-state index contributed by atoms with van der Waals surface area (Å²) in [6.07, 6.45) is 0.610. The molecule has 18 heavy (non-hydrogen) atoms. The van der Waals surface area contributed by atoms with Gasteiger partial charge in [-0.1, -0.05) is 29.3 Å². The second kappa shape index (κ2) is 5.04. The van der Waals surface area contributed by atoms with Gasteiger partial charge in [-0.3, -0.25) is 4.79 Å². The van der Waals surface area contributed by atoms with Crippen molar-refractivity contribution in [2.45, 2.75) is 0 Å². The van der Waals surface area contributed by atoms with Gasteiger partial charge in [0.15, 0.2) is 17.9 Å². The van der Waals surface area contributed by atoms with E-state index in [0.717, 1.165) is 12.1 Å². The van der Waals surface area contributed by atoms with Gasteiger partial charge in [-0.15, -0.1) is 0 Å². The van der Waals surface area contributed by atoms with E-state index in [1.165, 1.54) is 12.1 Å². The maximum atomic E-state index is 13.2. The highest BCUT2D eigenvalue weighted by Gasteiger charge is 2.11. The maximum Gasteiger partial charge on any atom is 0.160 e. The van der Waals surface area contributed by atoms with Gasteiger partial charge in [0.2, 0.25) is 0 Å². The molecule has 0 aromatic heterocycles. The van der Waals surface area contributed by atoms with E-state index in [2.05, 4.69) is 0 Å². The lowest BCUT2D eigenvalue weighted by Crippen LogP contribution is -1.89. The lowest BCUT2D eigenvalue weighted by Gasteiger charge is -2.07. The number of rotatable bonds is 2. The zero-order valence-corrected chi connectivity index (χ0v) is 10.4. The molecule has 0 aliphatic heterocycles. The minimum atomic E-state index is -1.01. The molecule has 2 aromatic rings. The van der Waals surface area contributed by atoms with E-state index >= 15 is 0 Å². The molecule has 0 atom stereocenters. The van der Waals surface area contributed by atoms with Crippen molar-refractivity contribution in [2.24, 2.45) is 0 Å². The van der Waals surface area contributed by atoms with E-state index in [4.69, 9.17) is 23.2 Å². The highest BCUT2D eigenvalue weighted by molar-refractivity contribution is 6.34. The summed E-state index contributed by atoms with van der Waals surface area (Å²) < 4.78 is 26.1. The zero-order valence-electron chi connectivity index (χ0n) is 8.88. The van der Waals surface area contributed by atoms with Crippen LogP contribution >= 0.6 is 23.2 Å². The summed E-state index contributed by atoms with van der Waals surface area (Å²) in [5.41, 5.74) is 1.14. The monoisotopic (exact) mass is 286 g/mol. The van der Waals surface area contributed by atoms with Crippen LogP contribution in [0.5, 0.6) is 0 Å². The molecule has 92 valence electrons. The first-order valence-corrected chi connectivity index (χ1v) is 5.68. The summed E-state index contributed by atoms with van der Waals surface area (Å²) in [6.45, 7) is 0. The SMILES string of the molecule is O=Cc1ccc(-c2cc(F)c(F)cc2Cl)cc1Cl. The van der Waals surface area contributed by atoms with Gasteiger partial charge in [0, 0.05) is 11.1 Å². The number of hydrogen-bond acceptors (Lipinski definition) is 1. The molecule has 0 fully saturated rings. The first-order chi connectivity index (χ1) is 8.52. The molecule has 0 saturated heterocycles. The lowest BCUT2D eigenvalue weighted by molar-refractivity contribution is 0.112. The Morgan fingerprint density at radius 2 is 1.61 bits per heavy atom. The minimum Gasteiger partial charge on any atom is -0.298 e. The van der Waals surface area contributed by atoms with Crippen LogP contribution in [0.2, 0.25) is 10.0 Å². The van der Waals surface area contributed by atoms with E-state index < -0.39 is 11.6 Å². The Hall–Kier alpha value is -1.45. The Morgan fingerprint density at radius 3 is 2.22 bits per heavy atom. The van der Waals surface area contributed by atoms with Gasteiger partial charge < -0.3 is 0 Å². The Morgan fingerprint density at radius 1 is 0.944 bits per heavy atom. The second-order valence-electron chi connectivity index (χ2n) is 3.60. The van der Waals surface area contributed by atoms with Gasteiger partial charge in [-0.25, -0.2) is 8.78 Å². The first-order valence-electron chi connectivity index (χ1n) is 4.92. The molecule has 0 radical (unpaired) electrons. The highest BCUT2D eigenvalue weighted by Crippen LogP contribution is 2.32. The summed E-state index contributed by atoms with van der Waals surface area (Å²) in [5.74, 6) is -2.01. The molecular weight excluding hydrogens is 281 g/mol. The van der Waals surface area contributed by atoms with Crippen molar-refractivity contribution in [3.63, 3.8) is 0 Å². The zero-order chi connectivity index (χ0) is 13.3. The Balaban J connectivity index is 2.58. The molecule has 0 N–H and O–H groups in total. The number of aldehydes is 1. The lowest BCUT2D eigenvalue weighted by atomic mass is 10.0. The van der Waals surface area contributed by atoms with Crippen molar-refractivity contribution >= 4 is 29.5 Å². The van der Waals surface area contributed by atoms with Crippen LogP contribution in [0.15, 0.2) is 30.3 Å². The fraction of sp³-hybridized carbons (Fsp3) is 0. The Bertz CT molecular complexity index is 627. The topological polar surface area (TPSA) is 17.1 Å². The summed E-state index contributed by atoms with van der Waals surface area (Å²) in [4.78, 5) is 10.6. The summed E-state index contributed by atoms with van der Waals surface area (Å²) in [6, 6.07) is 6.41. The van der Waals surface area contributed by atoms with Crippen LogP contribution in [0, 0.1) is 11.6 Å². The third-order valence-corrected chi connectivity index (χ3v) is 3.09. The average molecular weight is 287 g/mol. The maximum absolute atomic E-state index is 13.2. The van der Waals surface area contributed by atoms with Crippen LogP contribution in [0.1, 0.15) is 10.4 Å². The smallest absolute Gasteiger partial charge is 0.160 e. The highest BCUT2D eigenvalue weighted by atomic mass is 35.5. The summed E-state index contributed by atoms with van der Waals surface area (Å²) in [7, 11) is 0. The van der Waals surface area contributed by atoms with Gasteiger partial charge in [0.1, 0.15) is 0 Å². The number of halogens is 4. The van der Waals surface area contributed by atoms with Crippen LogP contribution in [0.25, 0.3) is 11.1 Å². The van der Waals surface area contributed by atoms with Crippen LogP contribution in [0.4, 0.5) is 8.78 Å². The third-order valence-electron chi connectivity index (χ3n) is 2.45. The van der Waals surface area contributed by atoms with Crippen molar-refractivity contribution in [3.8, 4) is 11.1 Å². The molecule has 0 amide bonds. The van der Waals surface area contributed by atoms with Gasteiger partial charge in [0.25, 0.3) is 0 Å². The first kappa shape index (κ1) is 13.0. The van der Waals surface area contributed by atoms with E-state index in [1.54, 1.807) is 6.07 Å². The van der Waals surface area contributed by atoms with E-state index in [1.807, 2.05) is 0 Å². The van der Waals surface area contributed by atoms with Crippen molar-refractivity contribution in [2.75, 3.05) is 0 Å². The third kappa shape index (κ3) is 2.37. The quantitative estimate of drug-likeness (QED) is 0.575. The van der Waals surface area contributed by atoms with Crippen molar-refractivity contribution in [1.29, 1.82) is 0 Å². The van der Waals surface area contributed by atoms with Crippen LogP contribution in [-0.2, 0) is 0 Å². The molecule has 0 unspecified atom stereocenters. The molecule has 2 rings (SSSR count). The molecule has 0 bridgehead atoms. The number of carbonyl (C=O) groups is 1. The molecule has 0 saturated carbocycles. The van der Waals surface area contributed by atoms with E-state index in [0.29, 0.717) is 23.0 Å². The molecule has 1 nitrogen and oxygen atoms in total. The van der Waals surface area contributed by atoms with Gasteiger partial charge in [-0.2, -0.15) is 0 Å². The van der Waals surface area contributed by atoms with Crippen LogP contribution in [0.3, 0.4) is 0 Å². The number of hydrogen-bond donors (Lipinski definition) is 0. The van der Waals surface area contributed by atoms with Crippen molar-refractivity contribution < 1.29 is 13.6 Å². The standard InChI is InChI=1S/C13H6Cl2F2O/c14-10-3-7(1-2-8(10)6-18)9-4-12(16)13(17)5-11(9)15/h1-6H. The molecular formula is C13H6Cl2F2O. The molecule has 5 heteroatoms. The number of benzene rings is 2. The molecule has 0 heterocycles. The number of carbonyl (C=O) groups excluding carboxylic acids is 1. The summed E-state index contributed by atoms with van der Waals surface area (Å²) >= 11 is 11.7. The molecule has 0 aliphatic carbocycles. The van der Waals surface area contributed by atoms with Crippen LogP contribution < -0.4 is 0 Å². The van der Waals surface area contributed by atoms with E-state index in [-0.39, 0.29) is 10.0 Å². The summed E-state index contributed by atoms with van der Waals surface area (Å²) in [5, 5.41) is 0.298. The normalized spacial score (nSPS) is 10.4. The van der Waals surface area contributed by atoms with Gasteiger partial charge >= 0.3 is 0 Å².